The third kappa shape index (κ3) is 10.9. The molecule has 1 aromatic heterocycles. The van der Waals surface area contributed by atoms with E-state index in [0.29, 0.717) is 31.2 Å². The minimum absolute atomic E-state index is 0. The Morgan fingerprint density at radius 1 is 1.06 bits per heavy atom. The molecule has 0 fully saturated rings. The maximum Gasteiger partial charge on any atom is 0.422 e. The molecule has 0 spiro atoms. The van der Waals surface area contributed by atoms with E-state index in [4.69, 9.17) is 9.47 Å². The largest absolute Gasteiger partial charge is 0.497 e. The van der Waals surface area contributed by atoms with Crippen LogP contribution >= 0.6 is 24.0 Å². The predicted octanol–water partition coefficient (Wildman–Crippen LogP) is 3.78. The SMILES string of the molecule is CCNC(=NCc1ccnc(OCC(F)(F)F)c1)NCCOc1ccc(OC)cc1.I. The molecule has 0 saturated carbocycles. The van der Waals surface area contributed by atoms with Crippen LogP contribution in [0, 0.1) is 0 Å². The van der Waals surface area contributed by atoms with E-state index in [-0.39, 0.29) is 36.4 Å². The first kappa shape index (κ1) is 26.6. The van der Waals surface area contributed by atoms with Crippen LogP contribution in [0.2, 0.25) is 0 Å². The summed E-state index contributed by atoms with van der Waals surface area (Å²) in [4.78, 5) is 8.20. The van der Waals surface area contributed by atoms with Crippen molar-refractivity contribution >= 4 is 29.9 Å². The molecule has 0 saturated heterocycles. The fourth-order valence-electron chi connectivity index (χ4n) is 2.31. The number of hydrogen-bond acceptors (Lipinski definition) is 5. The predicted molar refractivity (Wildman–Crippen MR) is 123 cm³/mol. The van der Waals surface area contributed by atoms with Crippen LogP contribution in [0.5, 0.6) is 17.4 Å². The normalized spacial score (nSPS) is 11.3. The van der Waals surface area contributed by atoms with E-state index in [9.17, 15) is 13.2 Å². The van der Waals surface area contributed by atoms with Gasteiger partial charge in [-0.1, -0.05) is 0 Å². The summed E-state index contributed by atoms with van der Waals surface area (Å²) in [6.07, 6.45) is -3.02. The average Bonchev–Trinajstić information content (AvgIpc) is 2.73. The Hall–Kier alpha value is -2.44. The molecule has 172 valence electrons. The molecule has 1 aromatic carbocycles. The molecular formula is C20H26F3IN4O3. The molecule has 7 nitrogen and oxygen atoms in total. The van der Waals surface area contributed by atoms with Crippen molar-refractivity contribution in [1.29, 1.82) is 0 Å². The lowest BCUT2D eigenvalue weighted by Crippen LogP contribution is -2.39. The number of alkyl halides is 3. The number of aromatic nitrogens is 1. The number of halogens is 4. The number of ether oxygens (including phenoxy) is 3. The first-order valence-corrected chi connectivity index (χ1v) is 9.33. The Kier molecular flexibility index (Phi) is 11.8. The van der Waals surface area contributed by atoms with Gasteiger partial charge in [0.15, 0.2) is 12.6 Å². The van der Waals surface area contributed by atoms with Gasteiger partial charge in [-0.2, -0.15) is 13.2 Å². The van der Waals surface area contributed by atoms with E-state index in [1.807, 2.05) is 31.2 Å². The number of pyridine rings is 1. The Labute approximate surface area is 196 Å². The van der Waals surface area contributed by atoms with Gasteiger partial charge < -0.3 is 24.8 Å². The molecule has 0 unspecified atom stereocenters. The number of guanidine groups is 1. The molecular weight excluding hydrogens is 528 g/mol. The van der Waals surface area contributed by atoms with Gasteiger partial charge in [0.1, 0.15) is 18.1 Å². The second kappa shape index (κ2) is 13.8. The second-order valence-corrected chi connectivity index (χ2v) is 6.05. The summed E-state index contributed by atoms with van der Waals surface area (Å²) in [5.74, 6) is 1.95. The first-order chi connectivity index (χ1) is 14.4. The fourth-order valence-corrected chi connectivity index (χ4v) is 2.31. The zero-order valence-corrected chi connectivity index (χ0v) is 19.6. The molecule has 31 heavy (non-hydrogen) atoms. The summed E-state index contributed by atoms with van der Waals surface area (Å²) in [5.41, 5.74) is 0.675. The van der Waals surface area contributed by atoms with Crippen LogP contribution < -0.4 is 24.8 Å². The van der Waals surface area contributed by atoms with Crippen LogP contribution in [0.15, 0.2) is 47.6 Å². The molecule has 0 radical (unpaired) electrons. The van der Waals surface area contributed by atoms with Crippen LogP contribution in [-0.2, 0) is 6.54 Å². The molecule has 0 atom stereocenters. The number of nitrogens with one attached hydrogen (secondary N) is 2. The Balaban J connectivity index is 0.00000480. The van der Waals surface area contributed by atoms with Crippen molar-refractivity contribution in [3.63, 3.8) is 0 Å². The molecule has 0 aliphatic carbocycles. The van der Waals surface area contributed by atoms with E-state index in [2.05, 4.69) is 25.3 Å². The molecule has 0 aliphatic rings. The van der Waals surface area contributed by atoms with Gasteiger partial charge in [-0.3, -0.25) is 0 Å². The highest BCUT2D eigenvalue weighted by atomic mass is 127. The highest BCUT2D eigenvalue weighted by molar-refractivity contribution is 14.0. The van der Waals surface area contributed by atoms with Crippen LogP contribution in [0.25, 0.3) is 0 Å². The average molecular weight is 554 g/mol. The lowest BCUT2D eigenvalue weighted by molar-refractivity contribution is -0.154. The molecule has 2 N–H and O–H groups in total. The van der Waals surface area contributed by atoms with Crippen LogP contribution in [0.3, 0.4) is 0 Å². The zero-order valence-electron chi connectivity index (χ0n) is 17.2. The van der Waals surface area contributed by atoms with Gasteiger partial charge in [-0.25, -0.2) is 9.98 Å². The standard InChI is InChI=1S/C20H25F3N4O3.HI/c1-3-24-19(26-10-11-29-17-6-4-16(28-2)5-7-17)27-13-15-8-9-25-18(12-15)30-14-20(21,22)23;/h4-9,12H,3,10-11,13-14H2,1-2H3,(H2,24,26,27);1H. The Morgan fingerprint density at radius 2 is 1.77 bits per heavy atom. The number of nitrogens with zero attached hydrogens (tertiary/aromatic N) is 2. The lowest BCUT2D eigenvalue weighted by Gasteiger charge is -2.12. The summed E-state index contributed by atoms with van der Waals surface area (Å²) in [6.45, 7) is 2.38. The van der Waals surface area contributed by atoms with Crippen LogP contribution in [-0.4, -0.2) is 50.5 Å². The Bertz CT molecular complexity index is 805. The fraction of sp³-hybridized carbons (Fsp3) is 0.400. The van der Waals surface area contributed by atoms with Crippen molar-refractivity contribution in [2.24, 2.45) is 4.99 Å². The third-order valence-electron chi connectivity index (χ3n) is 3.67. The summed E-state index contributed by atoms with van der Waals surface area (Å²) in [5, 5.41) is 6.23. The zero-order chi connectivity index (χ0) is 21.8. The number of benzene rings is 1. The van der Waals surface area contributed by atoms with E-state index >= 15 is 0 Å². The van der Waals surface area contributed by atoms with E-state index in [1.54, 1.807) is 13.2 Å². The maximum absolute atomic E-state index is 12.3. The monoisotopic (exact) mass is 554 g/mol. The maximum atomic E-state index is 12.3. The van der Waals surface area contributed by atoms with Gasteiger partial charge in [-0.15, -0.1) is 24.0 Å². The summed E-state index contributed by atoms with van der Waals surface area (Å²) in [7, 11) is 1.60. The summed E-state index contributed by atoms with van der Waals surface area (Å²) < 4.78 is 52.2. The lowest BCUT2D eigenvalue weighted by atomic mass is 10.3. The van der Waals surface area contributed by atoms with E-state index in [1.165, 1.54) is 12.3 Å². The van der Waals surface area contributed by atoms with Gasteiger partial charge in [-0.05, 0) is 42.8 Å². The van der Waals surface area contributed by atoms with Gasteiger partial charge >= 0.3 is 6.18 Å². The number of aliphatic imine (C=N–C) groups is 1. The number of rotatable bonds is 10. The molecule has 0 aliphatic heterocycles. The minimum atomic E-state index is -4.41. The summed E-state index contributed by atoms with van der Waals surface area (Å²) >= 11 is 0. The van der Waals surface area contributed by atoms with Crippen molar-refractivity contribution in [2.75, 3.05) is 33.4 Å². The van der Waals surface area contributed by atoms with Crippen molar-refractivity contribution in [2.45, 2.75) is 19.6 Å². The van der Waals surface area contributed by atoms with Crippen molar-refractivity contribution < 1.29 is 27.4 Å². The van der Waals surface area contributed by atoms with Gasteiger partial charge in [0.25, 0.3) is 0 Å². The van der Waals surface area contributed by atoms with Crippen LogP contribution in [0.4, 0.5) is 13.2 Å². The van der Waals surface area contributed by atoms with Crippen molar-refractivity contribution in [1.82, 2.24) is 15.6 Å². The van der Waals surface area contributed by atoms with Crippen molar-refractivity contribution in [3.05, 3.63) is 48.2 Å². The van der Waals surface area contributed by atoms with Crippen LogP contribution in [0.1, 0.15) is 12.5 Å². The van der Waals surface area contributed by atoms with Gasteiger partial charge in [0.2, 0.25) is 5.88 Å². The quantitative estimate of drug-likeness (QED) is 0.202. The molecule has 11 heteroatoms. The summed E-state index contributed by atoms with van der Waals surface area (Å²) in [6, 6.07) is 10.4. The van der Waals surface area contributed by atoms with E-state index < -0.39 is 12.8 Å². The Morgan fingerprint density at radius 3 is 2.42 bits per heavy atom. The molecule has 2 rings (SSSR count). The first-order valence-electron chi connectivity index (χ1n) is 9.33. The van der Waals surface area contributed by atoms with Gasteiger partial charge in [0.05, 0.1) is 20.2 Å². The number of hydrogen-bond donors (Lipinski definition) is 2. The minimum Gasteiger partial charge on any atom is -0.497 e. The highest BCUT2D eigenvalue weighted by Crippen LogP contribution is 2.18. The van der Waals surface area contributed by atoms with Gasteiger partial charge in [0, 0.05) is 18.8 Å². The molecule has 2 aromatic rings. The number of methoxy groups -OCH3 is 1. The molecule has 1 heterocycles. The topological polar surface area (TPSA) is 77.0 Å². The second-order valence-electron chi connectivity index (χ2n) is 6.05. The highest BCUT2D eigenvalue weighted by Gasteiger charge is 2.28. The molecule has 0 bridgehead atoms. The molecule has 0 amide bonds. The third-order valence-corrected chi connectivity index (χ3v) is 3.67. The van der Waals surface area contributed by atoms with E-state index in [0.717, 1.165) is 11.5 Å². The van der Waals surface area contributed by atoms with Crippen molar-refractivity contribution in [3.8, 4) is 17.4 Å². The smallest absolute Gasteiger partial charge is 0.422 e.